The molecular weight excluding hydrogens is 285 g/mol. The average molecular weight is 307 g/mol. The van der Waals surface area contributed by atoms with Crippen LogP contribution in [0.5, 0.6) is 0 Å². The van der Waals surface area contributed by atoms with Crippen molar-refractivity contribution >= 4 is 11.8 Å². The van der Waals surface area contributed by atoms with Gasteiger partial charge in [0.15, 0.2) is 0 Å². The fourth-order valence-electron chi connectivity index (χ4n) is 2.74. The quantitative estimate of drug-likeness (QED) is 0.811. The number of hydrogen-bond donors (Lipinski definition) is 2. The summed E-state index contributed by atoms with van der Waals surface area (Å²) in [4.78, 5) is 24.9. The van der Waals surface area contributed by atoms with E-state index in [2.05, 4.69) is 5.32 Å². The molecule has 0 saturated carbocycles. The zero-order valence-electron chi connectivity index (χ0n) is 12.6. The Labute approximate surface area is 129 Å². The van der Waals surface area contributed by atoms with E-state index in [9.17, 15) is 14.0 Å². The molecule has 2 rings (SSSR count). The van der Waals surface area contributed by atoms with E-state index in [0.29, 0.717) is 31.6 Å². The molecule has 1 aliphatic heterocycles. The van der Waals surface area contributed by atoms with Crippen molar-refractivity contribution in [3.8, 4) is 0 Å². The molecule has 1 heterocycles. The minimum Gasteiger partial charge on any atom is -0.369 e. The lowest BCUT2D eigenvalue weighted by molar-refractivity contribution is -0.126. The lowest BCUT2D eigenvalue weighted by Gasteiger charge is -2.30. The Bertz CT molecular complexity index is 528. The molecule has 1 fully saturated rings. The Morgan fingerprint density at radius 3 is 2.59 bits per heavy atom. The number of nitrogens with two attached hydrogens (primary N) is 1. The molecule has 0 bridgehead atoms. The number of piperidine rings is 1. The summed E-state index contributed by atoms with van der Waals surface area (Å²) in [6.07, 6.45) is 1.93. The van der Waals surface area contributed by atoms with E-state index in [-0.39, 0.29) is 30.1 Å². The highest BCUT2D eigenvalue weighted by Crippen LogP contribution is 2.17. The third-order valence-corrected chi connectivity index (χ3v) is 3.99. The van der Waals surface area contributed by atoms with Crippen LogP contribution in [0.1, 0.15) is 18.4 Å². The number of amides is 2. The van der Waals surface area contributed by atoms with Crippen LogP contribution in [0.15, 0.2) is 24.3 Å². The largest absolute Gasteiger partial charge is 0.369 e. The van der Waals surface area contributed by atoms with Gasteiger partial charge in [-0.15, -0.1) is 0 Å². The van der Waals surface area contributed by atoms with Crippen molar-refractivity contribution in [2.24, 2.45) is 11.7 Å². The van der Waals surface area contributed by atoms with Crippen molar-refractivity contribution in [2.45, 2.75) is 19.3 Å². The van der Waals surface area contributed by atoms with E-state index >= 15 is 0 Å². The maximum absolute atomic E-state index is 13.5. The summed E-state index contributed by atoms with van der Waals surface area (Å²) in [6.45, 7) is 2.09. The van der Waals surface area contributed by atoms with Crippen LogP contribution in [-0.2, 0) is 16.0 Å². The molecule has 0 aliphatic carbocycles. The minimum atomic E-state index is -0.340. The van der Waals surface area contributed by atoms with Crippen molar-refractivity contribution in [3.05, 3.63) is 35.6 Å². The highest BCUT2D eigenvalue weighted by atomic mass is 19.1. The van der Waals surface area contributed by atoms with Crippen molar-refractivity contribution in [1.82, 2.24) is 10.2 Å². The van der Waals surface area contributed by atoms with Crippen LogP contribution < -0.4 is 11.1 Å². The van der Waals surface area contributed by atoms with E-state index in [1.165, 1.54) is 6.07 Å². The van der Waals surface area contributed by atoms with Gasteiger partial charge in [-0.3, -0.25) is 14.5 Å². The van der Waals surface area contributed by atoms with Gasteiger partial charge in [0, 0.05) is 12.5 Å². The second kappa shape index (κ2) is 7.89. The predicted octanol–water partition coefficient (Wildman–Crippen LogP) is 0.682. The van der Waals surface area contributed by atoms with E-state index in [1.54, 1.807) is 18.2 Å². The second-order valence-electron chi connectivity index (χ2n) is 5.65. The summed E-state index contributed by atoms with van der Waals surface area (Å²) in [5.41, 5.74) is 5.77. The van der Waals surface area contributed by atoms with Gasteiger partial charge in [-0.2, -0.15) is 0 Å². The number of likely N-dealkylation sites (tertiary alicyclic amines) is 1. The van der Waals surface area contributed by atoms with Gasteiger partial charge < -0.3 is 11.1 Å². The average Bonchev–Trinajstić information content (AvgIpc) is 2.49. The van der Waals surface area contributed by atoms with Gasteiger partial charge in [0.1, 0.15) is 5.82 Å². The molecule has 0 atom stereocenters. The molecule has 0 spiro atoms. The van der Waals surface area contributed by atoms with Crippen LogP contribution in [-0.4, -0.2) is 42.9 Å². The molecule has 120 valence electrons. The van der Waals surface area contributed by atoms with E-state index in [4.69, 9.17) is 5.73 Å². The van der Waals surface area contributed by atoms with Crippen molar-refractivity contribution in [2.75, 3.05) is 26.2 Å². The topological polar surface area (TPSA) is 75.4 Å². The standard InChI is InChI=1S/C16H22FN3O2/c17-14-4-2-1-3-12(14)5-8-19-16(22)13-6-9-20(10-7-13)11-15(18)21/h1-4,13H,5-11H2,(H2,18,21)(H,19,22). The number of nitrogens with one attached hydrogen (secondary N) is 1. The maximum Gasteiger partial charge on any atom is 0.231 e. The van der Waals surface area contributed by atoms with Gasteiger partial charge >= 0.3 is 0 Å². The molecule has 0 radical (unpaired) electrons. The van der Waals surface area contributed by atoms with Crippen molar-refractivity contribution in [3.63, 3.8) is 0 Å². The Kier molecular flexibility index (Phi) is 5.89. The summed E-state index contributed by atoms with van der Waals surface area (Å²) >= 11 is 0. The fourth-order valence-corrected chi connectivity index (χ4v) is 2.74. The van der Waals surface area contributed by atoms with Gasteiger partial charge in [-0.1, -0.05) is 18.2 Å². The van der Waals surface area contributed by atoms with Crippen LogP contribution in [0.2, 0.25) is 0 Å². The first-order valence-electron chi connectivity index (χ1n) is 7.58. The van der Waals surface area contributed by atoms with Gasteiger partial charge in [0.25, 0.3) is 0 Å². The Hall–Kier alpha value is -1.95. The van der Waals surface area contributed by atoms with Crippen LogP contribution in [0, 0.1) is 11.7 Å². The van der Waals surface area contributed by atoms with E-state index in [1.807, 2.05) is 4.90 Å². The minimum absolute atomic E-state index is 0.00932. The molecule has 22 heavy (non-hydrogen) atoms. The molecular formula is C16H22FN3O2. The molecule has 1 saturated heterocycles. The number of benzene rings is 1. The zero-order chi connectivity index (χ0) is 15.9. The first-order chi connectivity index (χ1) is 10.6. The van der Waals surface area contributed by atoms with Crippen LogP contribution in [0.25, 0.3) is 0 Å². The van der Waals surface area contributed by atoms with Gasteiger partial charge in [-0.05, 0) is 44.0 Å². The first kappa shape index (κ1) is 16.4. The third-order valence-electron chi connectivity index (χ3n) is 3.99. The number of primary amides is 1. The number of nitrogens with zero attached hydrogens (tertiary/aromatic N) is 1. The highest BCUT2D eigenvalue weighted by molar-refractivity contribution is 5.79. The Morgan fingerprint density at radius 2 is 1.95 bits per heavy atom. The smallest absolute Gasteiger partial charge is 0.231 e. The van der Waals surface area contributed by atoms with Crippen molar-refractivity contribution in [1.29, 1.82) is 0 Å². The SMILES string of the molecule is NC(=O)CN1CCC(C(=O)NCCc2ccccc2F)CC1. The normalized spacial score (nSPS) is 16.4. The number of carbonyl (C=O) groups excluding carboxylic acids is 2. The zero-order valence-corrected chi connectivity index (χ0v) is 12.6. The number of hydrogen-bond acceptors (Lipinski definition) is 3. The third kappa shape index (κ3) is 4.80. The van der Waals surface area contributed by atoms with Crippen LogP contribution >= 0.6 is 0 Å². The Morgan fingerprint density at radius 1 is 1.27 bits per heavy atom. The molecule has 1 aliphatic rings. The van der Waals surface area contributed by atoms with Gasteiger partial charge in [-0.25, -0.2) is 4.39 Å². The molecule has 3 N–H and O–H groups in total. The monoisotopic (exact) mass is 307 g/mol. The van der Waals surface area contributed by atoms with E-state index in [0.717, 1.165) is 12.8 Å². The predicted molar refractivity (Wildman–Crippen MR) is 81.5 cm³/mol. The summed E-state index contributed by atoms with van der Waals surface area (Å²) in [5.74, 6) is -0.607. The fraction of sp³-hybridized carbons (Fsp3) is 0.500. The molecule has 0 aromatic heterocycles. The van der Waals surface area contributed by atoms with Gasteiger partial charge in [0.2, 0.25) is 11.8 Å². The molecule has 0 unspecified atom stereocenters. The number of halogens is 1. The highest BCUT2D eigenvalue weighted by Gasteiger charge is 2.25. The first-order valence-corrected chi connectivity index (χ1v) is 7.58. The number of rotatable bonds is 6. The van der Waals surface area contributed by atoms with Crippen LogP contribution in [0.4, 0.5) is 4.39 Å². The lowest BCUT2D eigenvalue weighted by Crippen LogP contribution is -2.43. The summed E-state index contributed by atoms with van der Waals surface area (Å²) in [7, 11) is 0. The summed E-state index contributed by atoms with van der Waals surface area (Å²) in [5, 5.41) is 2.87. The van der Waals surface area contributed by atoms with Gasteiger partial charge in [0.05, 0.1) is 6.54 Å². The van der Waals surface area contributed by atoms with Crippen LogP contribution in [0.3, 0.4) is 0 Å². The second-order valence-corrected chi connectivity index (χ2v) is 5.65. The summed E-state index contributed by atoms with van der Waals surface area (Å²) < 4.78 is 13.5. The number of carbonyl (C=O) groups is 2. The Balaban J connectivity index is 1.70. The maximum atomic E-state index is 13.5. The summed E-state index contributed by atoms with van der Waals surface area (Å²) in [6, 6.07) is 6.58. The lowest BCUT2D eigenvalue weighted by atomic mass is 9.96. The van der Waals surface area contributed by atoms with Crippen molar-refractivity contribution < 1.29 is 14.0 Å². The molecule has 5 nitrogen and oxygen atoms in total. The van der Waals surface area contributed by atoms with E-state index < -0.39 is 0 Å². The molecule has 6 heteroatoms. The molecule has 1 aromatic rings. The molecule has 1 aromatic carbocycles. The molecule has 2 amide bonds.